The molecule has 4 rings (SSSR count). The maximum absolute atomic E-state index is 12.7. The molecule has 0 bridgehead atoms. The molecule has 1 saturated carbocycles. The number of rotatable bonds is 12. The monoisotopic (exact) mass is 626 g/mol. The number of ether oxygens (including phenoxy) is 5. The Labute approximate surface area is 266 Å². The zero-order chi connectivity index (χ0) is 33.1. The van der Waals surface area contributed by atoms with Crippen molar-refractivity contribution < 1.29 is 47.7 Å². The summed E-state index contributed by atoms with van der Waals surface area (Å²) in [5.41, 5.74) is 1.88. The summed E-state index contributed by atoms with van der Waals surface area (Å²) in [6, 6.07) is 19.3. The van der Waals surface area contributed by atoms with Crippen molar-refractivity contribution in [2.75, 3.05) is 7.11 Å². The van der Waals surface area contributed by atoms with E-state index in [2.05, 4.69) is 17.9 Å². The SMILES string of the molecule is C=C(CC(=O)OC)C(=O)Oc1ccc(-c2ccc(C(=O)Oc3ccc(OC(=O)C(=C)CC(=O)OC4CCCCC4)cc3)cc2)cc1. The van der Waals surface area contributed by atoms with Crippen molar-refractivity contribution in [3.05, 3.63) is 103 Å². The van der Waals surface area contributed by atoms with Crippen molar-refractivity contribution >= 4 is 29.8 Å². The highest BCUT2D eigenvalue weighted by atomic mass is 16.6. The fourth-order valence-corrected chi connectivity index (χ4v) is 4.59. The Hall–Kier alpha value is -5.51. The molecule has 1 aliphatic rings. The molecule has 0 aromatic heterocycles. The topological polar surface area (TPSA) is 132 Å². The number of carbonyl (C=O) groups excluding carboxylic acids is 5. The van der Waals surface area contributed by atoms with Gasteiger partial charge in [-0.15, -0.1) is 0 Å². The maximum atomic E-state index is 12.7. The standard InChI is InChI=1S/C36H34O10/c1-23(21-32(37)42-3)34(39)44-29-15-13-26(14-16-29)25-9-11-27(12-10-25)36(41)46-31-19-17-30(18-20-31)45-35(40)24(2)22-33(38)43-28-7-5-4-6-8-28/h9-20,28H,1-2,4-8,21-22H2,3H3. The van der Waals surface area contributed by atoms with Gasteiger partial charge in [0.25, 0.3) is 0 Å². The lowest BCUT2D eigenvalue weighted by atomic mass is 9.98. The molecule has 0 N–H and O–H groups in total. The van der Waals surface area contributed by atoms with Crippen molar-refractivity contribution in [1.29, 1.82) is 0 Å². The average molecular weight is 627 g/mol. The van der Waals surface area contributed by atoms with Crippen LogP contribution < -0.4 is 14.2 Å². The molecule has 10 nitrogen and oxygen atoms in total. The van der Waals surface area contributed by atoms with Gasteiger partial charge in [0.15, 0.2) is 0 Å². The van der Waals surface area contributed by atoms with Crippen molar-refractivity contribution in [2.45, 2.75) is 51.0 Å². The molecule has 238 valence electrons. The highest BCUT2D eigenvalue weighted by molar-refractivity contribution is 5.95. The van der Waals surface area contributed by atoms with Crippen molar-refractivity contribution in [1.82, 2.24) is 0 Å². The molecule has 0 atom stereocenters. The number of benzene rings is 3. The van der Waals surface area contributed by atoms with E-state index in [1.807, 2.05) is 0 Å². The largest absolute Gasteiger partial charge is 0.469 e. The van der Waals surface area contributed by atoms with Crippen LogP contribution in [0.3, 0.4) is 0 Å². The Morgan fingerprint density at radius 2 is 1.04 bits per heavy atom. The molecule has 0 heterocycles. The van der Waals surface area contributed by atoms with Crippen LogP contribution in [0.25, 0.3) is 11.1 Å². The molecule has 46 heavy (non-hydrogen) atoms. The number of methoxy groups -OCH3 is 1. The first-order valence-corrected chi connectivity index (χ1v) is 14.7. The Bertz CT molecular complexity index is 1600. The van der Waals surface area contributed by atoms with Crippen molar-refractivity contribution in [3.63, 3.8) is 0 Å². The molecule has 0 aliphatic heterocycles. The predicted molar refractivity (Wildman–Crippen MR) is 167 cm³/mol. The molecule has 0 radical (unpaired) electrons. The van der Waals surface area contributed by atoms with E-state index in [-0.39, 0.29) is 47.3 Å². The van der Waals surface area contributed by atoms with Gasteiger partial charge >= 0.3 is 29.8 Å². The molecule has 10 heteroatoms. The Morgan fingerprint density at radius 1 is 0.609 bits per heavy atom. The summed E-state index contributed by atoms with van der Waals surface area (Å²) < 4.78 is 25.9. The summed E-state index contributed by atoms with van der Waals surface area (Å²) in [7, 11) is 1.22. The molecule has 3 aromatic rings. The van der Waals surface area contributed by atoms with Gasteiger partial charge in [-0.2, -0.15) is 0 Å². The molecule has 1 aliphatic carbocycles. The predicted octanol–water partition coefficient (Wildman–Crippen LogP) is 6.33. The highest BCUT2D eigenvalue weighted by Gasteiger charge is 2.21. The van der Waals surface area contributed by atoms with Gasteiger partial charge in [-0.1, -0.05) is 43.8 Å². The molecular formula is C36H34O10. The second-order valence-electron chi connectivity index (χ2n) is 10.6. The molecule has 0 unspecified atom stereocenters. The van der Waals surface area contributed by atoms with E-state index in [0.29, 0.717) is 5.56 Å². The minimum atomic E-state index is -0.748. The molecule has 0 spiro atoms. The van der Waals surface area contributed by atoms with E-state index in [0.717, 1.165) is 43.2 Å². The molecule has 0 amide bonds. The Kier molecular flexibility index (Phi) is 11.6. The summed E-state index contributed by atoms with van der Waals surface area (Å²) >= 11 is 0. The molecular weight excluding hydrogens is 592 g/mol. The summed E-state index contributed by atoms with van der Waals surface area (Å²) in [5, 5.41) is 0. The first-order valence-electron chi connectivity index (χ1n) is 14.7. The summed E-state index contributed by atoms with van der Waals surface area (Å²) in [6.45, 7) is 7.20. The van der Waals surface area contributed by atoms with E-state index in [4.69, 9.17) is 18.9 Å². The van der Waals surface area contributed by atoms with Gasteiger partial charge in [-0.3, -0.25) is 9.59 Å². The minimum absolute atomic E-state index is 0.0158. The number of carbonyl (C=O) groups is 5. The average Bonchev–Trinajstić information content (AvgIpc) is 3.06. The van der Waals surface area contributed by atoms with E-state index < -0.39 is 29.8 Å². The number of hydrogen-bond acceptors (Lipinski definition) is 10. The maximum Gasteiger partial charge on any atom is 0.343 e. The van der Waals surface area contributed by atoms with Crippen molar-refractivity contribution in [2.24, 2.45) is 0 Å². The van der Waals surface area contributed by atoms with Gasteiger partial charge in [0.05, 0.1) is 25.5 Å². The molecule has 3 aromatic carbocycles. The van der Waals surface area contributed by atoms with Crippen LogP contribution in [0.1, 0.15) is 55.3 Å². The lowest BCUT2D eigenvalue weighted by molar-refractivity contribution is -0.150. The number of esters is 5. The highest BCUT2D eigenvalue weighted by Crippen LogP contribution is 2.25. The van der Waals surface area contributed by atoms with Crippen LogP contribution >= 0.6 is 0 Å². The lowest BCUT2D eigenvalue weighted by Gasteiger charge is -2.21. The van der Waals surface area contributed by atoms with Gasteiger partial charge < -0.3 is 23.7 Å². The van der Waals surface area contributed by atoms with Crippen LogP contribution in [0.5, 0.6) is 17.2 Å². The van der Waals surface area contributed by atoms with Crippen LogP contribution in [-0.2, 0) is 28.7 Å². The second kappa shape index (κ2) is 16.0. The van der Waals surface area contributed by atoms with Crippen LogP contribution in [-0.4, -0.2) is 43.1 Å². The van der Waals surface area contributed by atoms with Gasteiger partial charge in [0.2, 0.25) is 0 Å². The van der Waals surface area contributed by atoms with Crippen LogP contribution in [0.2, 0.25) is 0 Å². The molecule has 0 saturated heterocycles. The molecule has 1 fully saturated rings. The van der Waals surface area contributed by atoms with Crippen LogP contribution in [0, 0.1) is 0 Å². The zero-order valence-electron chi connectivity index (χ0n) is 25.5. The van der Waals surface area contributed by atoms with Gasteiger partial charge in [0.1, 0.15) is 23.4 Å². The Balaban J connectivity index is 1.25. The number of hydrogen-bond donors (Lipinski definition) is 0. The Morgan fingerprint density at radius 3 is 1.54 bits per heavy atom. The second-order valence-corrected chi connectivity index (χ2v) is 10.6. The third-order valence-electron chi connectivity index (χ3n) is 7.13. The minimum Gasteiger partial charge on any atom is -0.469 e. The summed E-state index contributed by atoms with van der Waals surface area (Å²) in [6.07, 6.45) is 4.24. The fourth-order valence-electron chi connectivity index (χ4n) is 4.59. The van der Waals surface area contributed by atoms with E-state index >= 15 is 0 Å². The summed E-state index contributed by atoms with van der Waals surface area (Å²) in [5.74, 6) is -2.44. The van der Waals surface area contributed by atoms with Crippen molar-refractivity contribution in [3.8, 4) is 28.4 Å². The lowest BCUT2D eigenvalue weighted by Crippen LogP contribution is -2.22. The van der Waals surface area contributed by atoms with Gasteiger partial charge in [0, 0.05) is 11.1 Å². The van der Waals surface area contributed by atoms with E-state index in [9.17, 15) is 24.0 Å². The first kappa shape index (κ1) is 33.4. The smallest absolute Gasteiger partial charge is 0.343 e. The van der Waals surface area contributed by atoms with Gasteiger partial charge in [-0.05, 0) is 85.3 Å². The van der Waals surface area contributed by atoms with Gasteiger partial charge in [-0.25, -0.2) is 14.4 Å². The fraction of sp³-hybridized carbons (Fsp3) is 0.250. The normalized spacial score (nSPS) is 12.7. The third-order valence-corrected chi connectivity index (χ3v) is 7.13. The van der Waals surface area contributed by atoms with E-state index in [1.54, 1.807) is 48.5 Å². The third kappa shape index (κ3) is 9.75. The first-order chi connectivity index (χ1) is 22.1. The zero-order valence-corrected chi connectivity index (χ0v) is 25.5. The quantitative estimate of drug-likeness (QED) is 0.128. The van der Waals surface area contributed by atoms with E-state index in [1.165, 1.54) is 31.4 Å². The summed E-state index contributed by atoms with van der Waals surface area (Å²) in [4.78, 5) is 60.7. The van der Waals surface area contributed by atoms with Crippen LogP contribution in [0.15, 0.2) is 97.1 Å². The van der Waals surface area contributed by atoms with Crippen LogP contribution in [0.4, 0.5) is 0 Å².